The predicted molar refractivity (Wildman–Crippen MR) is 71.1 cm³/mol. The van der Waals surface area contributed by atoms with Crippen molar-refractivity contribution in [3.63, 3.8) is 0 Å². The Labute approximate surface area is 107 Å². The topological polar surface area (TPSA) is 41.1 Å². The second-order valence-corrected chi connectivity index (χ2v) is 5.74. The monoisotopic (exact) mass is 252 g/mol. The Balaban J connectivity index is 1.78. The zero-order chi connectivity index (χ0) is 12.1. The summed E-state index contributed by atoms with van der Waals surface area (Å²) in [6.07, 6.45) is 3.20. The summed E-state index contributed by atoms with van der Waals surface area (Å²) in [6.45, 7) is 4.72. The fourth-order valence-electron chi connectivity index (χ4n) is 2.10. The van der Waals surface area contributed by atoms with Crippen molar-refractivity contribution < 1.29 is 4.79 Å². The van der Waals surface area contributed by atoms with Gasteiger partial charge in [-0.2, -0.15) is 0 Å². The summed E-state index contributed by atoms with van der Waals surface area (Å²) in [4.78, 5) is 14.5. The molecule has 0 aromatic carbocycles. The minimum absolute atomic E-state index is 0.161. The number of nitrogens with one attached hydrogen (secondary N) is 2. The van der Waals surface area contributed by atoms with E-state index >= 15 is 0 Å². The van der Waals surface area contributed by atoms with E-state index in [-0.39, 0.29) is 11.8 Å². The molecule has 0 aliphatic carbocycles. The molecule has 0 radical (unpaired) electrons. The fourth-order valence-corrected chi connectivity index (χ4v) is 3.00. The van der Waals surface area contributed by atoms with Crippen molar-refractivity contribution in [2.24, 2.45) is 5.92 Å². The van der Waals surface area contributed by atoms with Gasteiger partial charge >= 0.3 is 0 Å². The number of thiophene rings is 1. The third-order valence-corrected chi connectivity index (χ3v) is 4.40. The summed E-state index contributed by atoms with van der Waals surface area (Å²) in [5.74, 6) is 0.359. The normalized spacial score (nSPS) is 20.2. The molecule has 0 saturated carbocycles. The molecular formula is C13H20N2OS. The third kappa shape index (κ3) is 3.54. The molecule has 2 heterocycles. The molecule has 3 nitrogen and oxygen atoms in total. The molecule has 1 aliphatic heterocycles. The molecule has 1 fully saturated rings. The van der Waals surface area contributed by atoms with E-state index < -0.39 is 0 Å². The van der Waals surface area contributed by atoms with Crippen LogP contribution >= 0.6 is 11.3 Å². The van der Waals surface area contributed by atoms with Gasteiger partial charge in [0.05, 0.1) is 12.5 Å². The van der Waals surface area contributed by atoms with E-state index in [1.54, 1.807) is 11.3 Å². The van der Waals surface area contributed by atoms with Crippen LogP contribution in [-0.2, 0) is 17.8 Å². The van der Waals surface area contributed by atoms with Gasteiger partial charge in [-0.1, -0.05) is 6.92 Å². The minimum atomic E-state index is 0.161. The number of aryl methyl sites for hydroxylation is 1. The number of amides is 1. The highest BCUT2D eigenvalue weighted by Crippen LogP contribution is 2.17. The fraction of sp³-hybridized carbons (Fsp3) is 0.615. The van der Waals surface area contributed by atoms with E-state index in [1.807, 2.05) is 0 Å². The highest BCUT2D eigenvalue weighted by Gasteiger charge is 2.20. The third-order valence-electron chi connectivity index (χ3n) is 3.17. The smallest absolute Gasteiger partial charge is 0.224 e. The summed E-state index contributed by atoms with van der Waals surface area (Å²) in [6, 6.07) is 4.26. The lowest BCUT2D eigenvalue weighted by molar-refractivity contribution is -0.125. The zero-order valence-corrected chi connectivity index (χ0v) is 11.1. The molecule has 0 unspecified atom stereocenters. The molecule has 1 aromatic rings. The lowest BCUT2D eigenvalue weighted by atomic mass is 9.99. The minimum Gasteiger partial charge on any atom is -0.351 e. The largest absolute Gasteiger partial charge is 0.351 e. The number of piperidine rings is 1. The first kappa shape index (κ1) is 12.6. The molecular weight excluding hydrogens is 232 g/mol. The van der Waals surface area contributed by atoms with Gasteiger partial charge in [0.15, 0.2) is 0 Å². The summed E-state index contributed by atoms with van der Waals surface area (Å²) in [5.41, 5.74) is 0. The van der Waals surface area contributed by atoms with Gasteiger partial charge in [-0.15, -0.1) is 11.3 Å². The van der Waals surface area contributed by atoms with E-state index in [0.717, 1.165) is 32.4 Å². The van der Waals surface area contributed by atoms with Gasteiger partial charge in [0.1, 0.15) is 0 Å². The molecule has 94 valence electrons. The van der Waals surface area contributed by atoms with Crippen molar-refractivity contribution in [2.45, 2.75) is 32.7 Å². The lowest BCUT2D eigenvalue weighted by Crippen LogP contribution is -2.40. The van der Waals surface area contributed by atoms with Crippen LogP contribution in [-0.4, -0.2) is 19.0 Å². The Bertz CT molecular complexity index is 369. The van der Waals surface area contributed by atoms with Crippen LogP contribution in [0.25, 0.3) is 0 Å². The zero-order valence-electron chi connectivity index (χ0n) is 10.3. The predicted octanol–water partition coefficient (Wildman–Crippen LogP) is 1.93. The first-order valence-corrected chi connectivity index (χ1v) is 7.17. The molecule has 2 N–H and O–H groups in total. The Morgan fingerprint density at radius 1 is 1.53 bits per heavy atom. The maximum Gasteiger partial charge on any atom is 0.224 e. The van der Waals surface area contributed by atoms with Crippen LogP contribution in [0, 0.1) is 5.92 Å². The molecule has 1 aliphatic rings. The van der Waals surface area contributed by atoms with E-state index in [0.29, 0.717) is 6.54 Å². The highest BCUT2D eigenvalue weighted by atomic mass is 32.1. The van der Waals surface area contributed by atoms with Crippen molar-refractivity contribution in [2.75, 3.05) is 13.1 Å². The molecule has 0 bridgehead atoms. The molecule has 2 rings (SSSR count). The van der Waals surface area contributed by atoms with Gasteiger partial charge < -0.3 is 10.6 Å². The summed E-state index contributed by atoms with van der Waals surface area (Å²) < 4.78 is 0. The van der Waals surface area contributed by atoms with Crippen molar-refractivity contribution in [1.82, 2.24) is 10.6 Å². The van der Waals surface area contributed by atoms with E-state index in [9.17, 15) is 4.79 Å². The van der Waals surface area contributed by atoms with E-state index in [2.05, 4.69) is 29.7 Å². The Hall–Kier alpha value is -0.870. The molecule has 1 aromatic heterocycles. The summed E-state index contributed by atoms with van der Waals surface area (Å²) >= 11 is 1.79. The molecule has 1 amide bonds. The van der Waals surface area contributed by atoms with Crippen LogP contribution in [0.2, 0.25) is 0 Å². The number of hydrogen-bond acceptors (Lipinski definition) is 3. The number of hydrogen-bond donors (Lipinski definition) is 2. The molecule has 1 saturated heterocycles. The van der Waals surface area contributed by atoms with Crippen LogP contribution in [0.3, 0.4) is 0 Å². The standard InChI is InChI=1S/C13H20N2OS/c1-2-11-5-6-12(17-11)9-15-13(16)10-4-3-7-14-8-10/h5-6,10,14H,2-4,7-9H2,1H3,(H,15,16)/t10-/m0/s1. The van der Waals surface area contributed by atoms with Gasteiger partial charge in [0.2, 0.25) is 5.91 Å². The summed E-state index contributed by atoms with van der Waals surface area (Å²) in [5, 5.41) is 6.31. The Morgan fingerprint density at radius 2 is 2.35 bits per heavy atom. The molecule has 1 atom stereocenters. The number of carbonyl (C=O) groups excluding carboxylic acids is 1. The van der Waals surface area contributed by atoms with Crippen LogP contribution in [0.1, 0.15) is 29.5 Å². The average molecular weight is 252 g/mol. The number of carbonyl (C=O) groups is 1. The van der Waals surface area contributed by atoms with Crippen LogP contribution in [0.15, 0.2) is 12.1 Å². The van der Waals surface area contributed by atoms with Gasteiger partial charge in [-0.25, -0.2) is 0 Å². The quantitative estimate of drug-likeness (QED) is 0.859. The van der Waals surface area contributed by atoms with Gasteiger partial charge in [-0.05, 0) is 37.9 Å². The van der Waals surface area contributed by atoms with Crippen LogP contribution < -0.4 is 10.6 Å². The van der Waals surface area contributed by atoms with Crippen LogP contribution in [0.5, 0.6) is 0 Å². The van der Waals surface area contributed by atoms with Crippen molar-refractivity contribution >= 4 is 17.2 Å². The van der Waals surface area contributed by atoms with Crippen LogP contribution in [0.4, 0.5) is 0 Å². The van der Waals surface area contributed by atoms with Gasteiger partial charge in [0, 0.05) is 16.3 Å². The molecule has 17 heavy (non-hydrogen) atoms. The average Bonchev–Trinajstić information content (AvgIpc) is 2.85. The number of rotatable bonds is 4. The maximum atomic E-state index is 11.9. The van der Waals surface area contributed by atoms with Crippen molar-refractivity contribution in [3.8, 4) is 0 Å². The Morgan fingerprint density at radius 3 is 3.00 bits per heavy atom. The first-order chi connectivity index (χ1) is 8.29. The Kier molecular flexibility index (Phi) is 4.57. The lowest BCUT2D eigenvalue weighted by Gasteiger charge is -2.21. The van der Waals surface area contributed by atoms with Gasteiger partial charge in [-0.3, -0.25) is 4.79 Å². The van der Waals surface area contributed by atoms with Crippen molar-refractivity contribution in [3.05, 3.63) is 21.9 Å². The SMILES string of the molecule is CCc1ccc(CNC(=O)[C@H]2CCCNC2)s1. The first-order valence-electron chi connectivity index (χ1n) is 6.35. The second-order valence-electron chi connectivity index (χ2n) is 4.48. The van der Waals surface area contributed by atoms with E-state index in [1.165, 1.54) is 9.75 Å². The maximum absolute atomic E-state index is 11.9. The van der Waals surface area contributed by atoms with Gasteiger partial charge in [0.25, 0.3) is 0 Å². The van der Waals surface area contributed by atoms with E-state index in [4.69, 9.17) is 0 Å². The molecule has 0 spiro atoms. The second kappa shape index (κ2) is 6.17. The van der Waals surface area contributed by atoms with Crippen molar-refractivity contribution in [1.29, 1.82) is 0 Å². The summed E-state index contributed by atoms with van der Waals surface area (Å²) in [7, 11) is 0. The highest BCUT2D eigenvalue weighted by molar-refractivity contribution is 7.11. The molecule has 4 heteroatoms.